The maximum atomic E-state index is 12.8. The summed E-state index contributed by atoms with van der Waals surface area (Å²) in [6.07, 6.45) is -4.14. The van der Waals surface area contributed by atoms with E-state index in [1.807, 2.05) is 13.8 Å². The van der Waals surface area contributed by atoms with E-state index in [1.54, 1.807) is 29.2 Å². The summed E-state index contributed by atoms with van der Waals surface area (Å²) in [4.78, 5) is 18.7. The van der Waals surface area contributed by atoms with Crippen molar-refractivity contribution >= 4 is 17.5 Å². The van der Waals surface area contributed by atoms with Gasteiger partial charge in [-0.05, 0) is 50.2 Å². The summed E-state index contributed by atoms with van der Waals surface area (Å²) in [7, 11) is 0. The molecular weight excluding hydrogens is 419 g/mol. The van der Waals surface area contributed by atoms with E-state index in [0.29, 0.717) is 28.7 Å². The average Bonchev–Trinajstić information content (AvgIpc) is 3.16. The monoisotopic (exact) mass is 437 g/mol. The third-order valence-corrected chi connectivity index (χ3v) is 4.70. The molecular formula is C21H19ClF3N3O2. The van der Waals surface area contributed by atoms with E-state index in [1.165, 1.54) is 12.1 Å². The van der Waals surface area contributed by atoms with Crippen LogP contribution in [0.1, 0.15) is 35.7 Å². The first-order chi connectivity index (χ1) is 14.1. The van der Waals surface area contributed by atoms with Crippen molar-refractivity contribution in [3.8, 4) is 11.4 Å². The fourth-order valence-corrected chi connectivity index (χ4v) is 3.07. The van der Waals surface area contributed by atoms with Crippen LogP contribution in [0.3, 0.4) is 0 Å². The Morgan fingerprint density at radius 3 is 2.47 bits per heavy atom. The number of amides is 1. The molecule has 0 aliphatic carbocycles. The lowest BCUT2D eigenvalue weighted by molar-refractivity contribution is -0.137. The van der Waals surface area contributed by atoms with Crippen LogP contribution in [-0.2, 0) is 12.6 Å². The van der Waals surface area contributed by atoms with Crippen LogP contribution in [-0.4, -0.2) is 33.5 Å². The number of hydrogen-bond donors (Lipinski definition) is 0. The number of benzene rings is 2. The summed E-state index contributed by atoms with van der Waals surface area (Å²) in [6.45, 7) is 3.93. The third kappa shape index (κ3) is 5.18. The molecule has 2 aromatic carbocycles. The smallest absolute Gasteiger partial charge is 0.339 e. The summed E-state index contributed by atoms with van der Waals surface area (Å²) in [6, 6.07) is 11.0. The molecule has 0 radical (unpaired) electrons. The van der Waals surface area contributed by atoms with Gasteiger partial charge in [0, 0.05) is 35.2 Å². The number of carbonyl (C=O) groups excluding carboxylic acids is 1. The van der Waals surface area contributed by atoms with Crippen LogP contribution in [0.15, 0.2) is 53.1 Å². The molecule has 0 saturated heterocycles. The molecule has 0 saturated carbocycles. The van der Waals surface area contributed by atoms with Crippen molar-refractivity contribution < 1.29 is 22.5 Å². The molecule has 0 fully saturated rings. The number of carbonyl (C=O) groups is 1. The molecule has 3 rings (SSSR count). The number of rotatable bonds is 6. The summed E-state index contributed by atoms with van der Waals surface area (Å²) < 4.78 is 43.5. The van der Waals surface area contributed by atoms with E-state index in [-0.39, 0.29) is 24.1 Å². The van der Waals surface area contributed by atoms with Crippen LogP contribution < -0.4 is 0 Å². The molecule has 1 aromatic heterocycles. The zero-order valence-electron chi connectivity index (χ0n) is 16.3. The Bertz CT molecular complexity index is 1020. The van der Waals surface area contributed by atoms with Crippen molar-refractivity contribution in [3.05, 3.63) is 70.6 Å². The van der Waals surface area contributed by atoms with Crippen LogP contribution >= 0.6 is 11.6 Å². The van der Waals surface area contributed by atoms with Gasteiger partial charge in [0.1, 0.15) is 0 Å². The van der Waals surface area contributed by atoms with E-state index in [0.717, 1.165) is 12.1 Å². The molecule has 0 aliphatic rings. The van der Waals surface area contributed by atoms with Crippen molar-refractivity contribution in [2.45, 2.75) is 32.5 Å². The molecule has 0 N–H and O–H groups in total. The fourth-order valence-electron chi connectivity index (χ4n) is 2.88. The number of alkyl halides is 3. The van der Waals surface area contributed by atoms with Gasteiger partial charge in [-0.2, -0.15) is 18.2 Å². The van der Waals surface area contributed by atoms with Gasteiger partial charge in [-0.1, -0.05) is 28.9 Å². The topological polar surface area (TPSA) is 59.2 Å². The van der Waals surface area contributed by atoms with Crippen molar-refractivity contribution in [1.29, 1.82) is 0 Å². The molecule has 0 spiro atoms. The summed E-state index contributed by atoms with van der Waals surface area (Å²) in [5.41, 5.74) is 0.0930. The largest absolute Gasteiger partial charge is 0.416 e. The summed E-state index contributed by atoms with van der Waals surface area (Å²) in [5.74, 6) is 0.363. The summed E-state index contributed by atoms with van der Waals surface area (Å²) in [5, 5.41) is 4.48. The van der Waals surface area contributed by atoms with Gasteiger partial charge in [-0.3, -0.25) is 4.79 Å². The Balaban J connectivity index is 1.70. The molecule has 0 unspecified atom stereocenters. The van der Waals surface area contributed by atoms with Gasteiger partial charge in [0.2, 0.25) is 11.7 Å². The van der Waals surface area contributed by atoms with Crippen LogP contribution in [0.25, 0.3) is 11.4 Å². The minimum absolute atomic E-state index is 0.171. The predicted molar refractivity (Wildman–Crippen MR) is 106 cm³/mol. The zero-order chi connectivity index (χ0) is 21.9. The van der Waals surface area contributed by atoms with Crippen LogP contribution in [0.4, 0.5) is 13.2 Å². The maximum Gasteiger partial charge on any atom is 0.416 e. The molecule has 3 aromatic rings. The molecule has 5 nitrogen and oxygen atoms in total. The minimum atomic E-state index is -4.45. The molecule has 1 amide bonds. The Morgan fingerprint density at radius 1 is 1.17 bits per heavy atom. The van der Waals surface area contributed by atoms with Crippen molar-refractivity contribution in [3.63, 3.8) is 0 Å². The van der Waals surface area contributed by atoms with Gasteiger partial charge >= 0.3 is 6.18 Å². The molecule has 9 heteroatoms. The minimum Gasteiger partial charge on any atom is -0.339 e. The molecule has 1 heterocycles. The van der Waals surface area contributed by atoms with E-state index in [9.17, 15) is 18.0 Å². The van der Waals surface area contributed by atoms with Gasteiger partial charge in [-0.25, -0.2) is 0 Å². The molecule has 0 aliphatic heterocycles. The second-order valence-corrected chi connectivity index (χ2v) is 7.38. The maximum absolute atomic E-state index is 12.8. The lowest BCUT2D eigenvalue weighted by Gasteiger charge is -2.26. The van der Waals surface area contributed by atoms with Gasteiger partial charge < -0.3 is 9.42 Å². The summed E-state index contributed by atoms with van der Waals surface area (Å²) >= 11 is 5.97. The second-order valence-electron chi connectivity index (χ2n) is 6.94. The second kappa shape index (κ2) is 8.87. The Labute approximate surface area is 176 Å². The van der Waals surface area contributed by atoms with Gasteiger partial charge in [0.25, 0.3) is 5.91 Å². The highest BCUT2D eigenvalue weighted by Gasteiger charge is 2.30. The quantitative estimate of drug-likeness (QED) is 0.510. The van der Waals surface area contributed by atoms with Crippen molar-refractivity contribution in [2.24, 2.45) is 0 Å². The zero-order valence-corrected chi connectivity index (χ0v) is 17.0. The SMILES string of the molecule is CC(C)N(CCc1nc(-c2cccc(Cl)c2)no1)C(=O)c1ccc(C(F)(F)F)cc1. The lowest BCUT2D eigenvalue weighted by atomic mass is 10.1. The van der Waals surface area contributed by atoms with Gasteiger partial charge in [-0.15, -0.1) is 0 Å². The number of halogens is 4. The number of nitrogens with zero attached hydrogens (tertiary/aromatic N) is 3. The first-order valence-electron chi connectivity index (χ1n) is 9.22. The first kappa shape index (κ1) is 21.8. The lowest BCUT2D eigenvalue weighted by Crippen LogP contribution is -2.38. The first-order valence-corrected chi connectivity index (χ1v) is 9.59. The highest BCUT2D eigenvalue weighted by atomic mass is 35.5. The van der Waals surface area contributed by atoms with Gasteiger partial charge in [0.15, 0.2) is 0 Å². The Morgan fingerprint density at radius 2 is 1.87 bits per heavy atom. The molecule has 0 atom stereocenters. The predicted octanol–water partition coefficient (Wildman–Crippen LogP) is 5.50. The van der Waals surface area contributed by atoms with E-state index in [2.05, 4.69) is 10.1 Å². The van der Waals surface area contributed by atoms with E-state index < -0.39 is 11.7 Å². The fraction of sp³-hybridized carbons (Fsp3) is 0.286. The normalized spacial score (nSPS) is 11.7. The highest BCUT2D eigenvalue weighted by molar-refractivity contribution is 6.30. The highest BCUT2D eigenvalue weighted by Crippen LogP contribution is 2.29. The number of aromatic nitrogens is 2. The molecule has 30 heavy (non-hydrogen) atoms. The molecule has 158 valence electrons. The van der Waals surface area contributed by atoms with E-state index >= 15 is 0 Å². The number of hydrogen-bond acceptors (Lipinski definition) is 4. The van der Waals surface area contributed by atoms with Crippen LogP contribution in [0, 0.1) is 0 Å². The van der Waals surface area contributed by atoms with Crippen molar-refractivity contribution in [2.75, 3.05) is 6.54 Å². The Kier molecular flexibility index (Phi) is 6.45. The van der Waals surface area contributed by atoms with Crippen LogP contribution in [0.2, 0.25) is 5.02 Å². The van der Waals surface area contributed by atoms with Crippen molar-refractivity contribution in [1.82, 2.24) is 15.0 Å². The van der Waals surface area contributed by atoms with Gasteiger partial charge in [0.05, 0.1) is 5.56 Å². The van der Waals surface area contributed by atoms with E-state index in [4.69, 9.17) is 16.1 Å². The average molecular weight is 438 g/mol. The Hall–Kier alpha value is -2.87. The molecule has 0 bridgehead atoms. The third-order valence-electron chi connectivity index (χ3n) is 4.46. The van der Waals surface area contributed by atoms with Crippen LogP contribution in [0.5, 0.6) is 0 Å². The standard InChI is InChI=1S/C21H19ClF3N3O2/c1-13(2)28(20(29)14-6-8-16(9-7-14)21(23,24)25)11-10-18-26-19(27-30-18)15-4-3-5-17(22)12-15/h3-9,12-13H,10-11H2,1-2H3.